The average Bonchev–Trinajstić information content (AvgIpc) is 3.83. The summed E-state index contributed by atoms with van der Waals surface area (Å²) in [6.45, 7) is 1.81. The van der Waals surface area contributed by atoms with Crippen LogP contribution in [0.1, 0.15) is 120 Å². The lowest BCUT2D eigenvalue weighted by Gasteiger charge is -2.31. The van der Waals surface area contributed by atoms with E-state index >= 15 is 0 Å². The fraction of sp³-hybridized carbons (Fsp3) is 0.447. The molecular weight excluding hydrogens is 850 g/mol. The summed E-state index contributed by atoms with van der Waals surface area (Å²) in [6.07, 6.45) is 1.94. The van der Waals surface area contributed by atoms with E-state index in [2.05, 4.69) is 16.0 Å². The zero-order chi connectivity index (χ0) is 46.6. The minimum Gasteiger partial charge on any atom is -0.427 e. The molecular formula is C47H51F3N6O9. The fourth-order valence-corrected chi connectivity index (χ4v) is 8.85. The number of hydrogen-bond donors (Lipinski definition) is 3. The first kappa shape index (κ1) is 46.4. The van der Waals surface area contributed by atoms with Gasteiger partial charge in [-0.1, -0.05) is 74.1 Å². The van der Waals surface area contributed by atoms with Crippen LogP contribution in [0.2, 0.25) is 0 Å². The number of unbranched alkanes of at least 4 members (excludes halogenated alkanes) is 6. The lowest BCUT2D eigenvalue weighted by Crippen LogP contribution is -2.54. The van der Waals surface area contributed by atoms with E-state index in [1.807, 2.05) is 13.0 Å². The molecule has 4 aliphatic rings. The topological polar surface area (TPSA) is 192 Å². The van der Waals surface area contributed by atoms with Gasteiger partial charge in [-0.05, 0) is 86.9 Å². The van der Waals surface area contributed by atoms with Crippen LogP contribution in [-0.4, -0.2) is 93.6 Å². The quantitative estimate of drug-likeness (QED) is 0.0991. The fourth-order valence-electron chi connectivity index (χ4n) is 8.85. The predicted octanol–water partition coefficient (Wildman–Crippen LogP) is 6.59. The molecule has 15 nitrogen and oxygen atoms in total. The molecule has 7 rings (SSSR count). The van der Waals surface area contributed by atoms with Crippen molar-refractivity contribution in [2.45, 2.75) is 121 Å². The molecule has 0 aromatic heterocycles. The number of halogens is 3. The molecule has 9 amide bonds. The lowest BCUT2D eigenvalue weighted by atomic mass is 9.94. The number of anilines is 1. The molecule has 3 N–H and O–H groups in total. The maximum Gasteiger partial charge on any atom is 0.418 e. The summed E-state index contributed by atoms with van der Waals surface area (Å²) >= 11 is 0. The highest BCUT2D eigenvalue weighted by Gasteiger charge is 2.59. The third kappa shape index (κ3) is 10.1. The van der Waals surface area contributed by atoms with Crippen LogP contribution in [0, 0.1) is 6.92 Å². The molecule has 1 spiro atoms. The van der Waals surface area contributed by atoms with E-state index in [1.54, 1.807) is 54.6 Å². The number of carbonyl (C=O) groups excluding carboxylic acids is 8. The number of ether oxygens (including phenoxy) is 1. The summed E-state index contributed by atoms with van der Waals surface area (Å²) in [6, 6.07) is 13.0. The highest BCUT2D eigenvalue weighted by atomic mass is 19.4. The monoisotopic (exact) mass is 900 g/mol. The van der Waals surface area contributed by atoms with E-state index < -0.39 is 78.0 Å². The van der Waals surface area contributed by atoms with Gasteiger partial charge in [-0.2, -0.15) is 13.2 Å². The first-order chi connectivity index (χ1) is 31.0. The Labute approximate surface area is 373 Å². The summed E-state index contributed by atoms with van der Waals surface area (Å²) in [4.78, 5) is 105. The number of imide groups is 3. The maximum atomic E-state index is 13.9. The number of alkyl halides is 3. The molecule has 0 bridgehead atoms. The molecule has 2 saturated heterocycles. The van der Waals surface area contributed by atoms with E-state index in [0.29, 0.717) is 45.1 Å². The summed E-state index contributed by atoms with van der Waals surface area (Å²) in [5.74, 6) is -3.99. The zero-order valence-corrected chi connectivity index (χ0v) is 36.2. The van der Waals surface area contributed by atoms with Crippen LogP contribution >= 0.6 is 0 Å². The van der Waals surface area contributed by atoms with Gasteiger partial charge in [-0.15, -0.1) is 0 Å². The number of hydrogen-bond acceptors (Lipinski definition) is 9. The van der Waals surface area contributed by atoms with Gasteiger partial charge in [0.25, 0.3) is 17.7 Å². The van der Waals surface area contributed by atoms with Crippen LogP contribution in [-0.2, 0) is 48.9 Å². The van der Waals surface area contributed by atoms with Gasteiger partial charge in [0, 0.05) is 37.2 Å². The second-order valence-electron chi connectivity index (χ2n) is 17.1. The van der Waals surface area contributed by atoms with E-state index in [-0.39, 0.29) is 36.9 Å². The predicted molar refractivity (Wildman–Crippen MR) is 228 cm³/mol. The molecule has 0 saturated carbocycles. The van der Waals surface area contributed by atoms with Gasteiger partial charge in [-0.3, -0.25) is 39.0 Å². The number of rotatable bonds is 17. The molecule has 1 aliphatic carbocycles. The highest BCUT2D eigenvalue weighted by Crippen LogP contribution is 2.46. The number of urea groups is 1. The Morgan fingerprint density at radius 1 is 0.862 bits per heavy atom. The van der Waals surface area contributed by atoms with Crippen molar-refractivity contribution in [2.75, 3.05) is 18.4 Å². The third-order valence-electron chi connectivity index (χ3n) is 12.6. The molecule has 3 aliphatic heterocycles. The smallest absolute Gasteiger partial charge is 0.418 e. The first-order valence-electron chi connectivity index (χ1n) is 22.0. The van der Waals surface area contributed by atoms with Crippen molar-refractivity contribution < 1.29 is 56.3 Å². The van der Waals surface area contributed by atoms with Crippen molar-refractivity contribution in [3.05, 3.63) is 99.6 Å². The minimum atomic E-state index is -4.76. The molecule has 3 aromatic carbocycles. The Hall–Kier alpha value is -6.59. The average molecular weight is 901 g/mol. The number of aryl methyl sites for hydroxylation is 3. The molecule has 65 heavy (non-hydrogen) atoms. The van der Waals surface area contributed by atoms with Crippen molar-refractivity contribution in [3.8, 4) is 0 Å². The van der Waals surface area contributed by atoms with Crippen molar-refractivity contribution in [1.29, 1.82) is 0 Å². The van der Waals surface area contributed by atoms with Crippen molar-refractivity contribution in [3.63, 3.8) is 0 Å². The summed E-state index contributed by atoms with van der Waals surface area (Å²) < 4.78 is 47.2. The summed E-state index contributed by atoms with van der Waals surface area (Å²) in [7, 11) is 0. The molecule has 3 aromatic rings. The Morgan fingerprint density at radius 3 is 2.25 bits per heavy atom. The van der Waals surface area contributed by atoms with E-state index in [9.17, 15) is 51.5 Å². The number of nitrogens with one attached hydrogen (secondary N) is 3. The number of amides is 9. The molecule has 1 unspecified atom stereocenters. The third-order valence-corrected chi connectivity index (χ3v) is 12.6. The number of piperidine rings is 1. The molecule has 3 heterocycles. The van der Waals surface area contributed by atoms with Gasteiger partial charge < -0.3 is 20.3 Å². The largest absolute Gasteiger partial charge is 0.427 e. The second kappa shape index (κ2) is 19.3. The van der Waals surface area contributed by atoms with Crippen LogP contribution in [0.5, 0.6) is 0 Å². The highest BCUT2D eigenvalue weighted by molar-refractivity contribution is 6.23. The molecule has 344 valence electrons. The second-order valence-corrected chi connectivity index (χ2v) is 17.1. The van der Waals surface area contributed by atoms with Gasteiger partial charge in [0.05, 0.1) is 11.1 Å². The van der Waals surface area contributed by atoms with Gasteiger partial charge >= 0.3 is 18.3 Å². The van der Waals surface area contributed by atoms with Crippen LogP contribution in [0.25, 0.3) is 0 Å². The van der Waals surface area contributed by atoms with Gasteiger partial charge in [0.15, 0.2) is 0 Å². The summed E-state index contributed by atoms with van der Waals surface area (Å²) in [5, 5.41) is 7.82. The maximum absolute atomic E-state index is 13.9. The van der Waals surface area contributed by atoms with Crippen LogP contribution in [0.15, 0.2) is 60.7 Å². The van der Waals surface area contributed by atoms with Crippen LogP contribution in [0.3, 0.4) is 0 Å². The van der Waals surface area contributed by atoms with Crippen LogP contribution in [0.4, 0.5) is 28.4 Å². The van der Waals surface area contributed by atoms with Crippen molar-refractivity contribution >= 4 is 53.3 Å². The number of benzene rings is 3. The Morgan fingerprint density at radius 2 is 1.54 bits per heavy atom. The molecule has 2 fully saturated rings. The Kier molecular flexibility index (Phi) is 13.7. The minimum absolute atomic E-state index is 0.0634. The lowest BCUT2D eigenvalue weighted by molar-refractivity contribution is -0.187. The normalized spacial score (nSPS) is 19.6. The molecule has 18 heteroatoms. The van der Waals surface area contributed by atoms with Crippen molar-refractivity contribution in [2.24, 2.45) is 0 Å². The number of nitrogens with zero attached hydrogens (tertiary/aromatic N) is 3. The first-order valence-corrected chi connectivity index (χ1v) is 22.0. The SMILES string of the molecule is Cc1ccc(CN(C(=O)CN2C(=O)O[C@@]3(CCc4cc(NC(=O)NCCCCCCCCCc5ccc6c(c5)C(=O)N(C5CCC(=O)NC5=O)C6=O)ccc43)C2=O)[C@@H](C)C(F)(F)F)cc1. The Balaban J connectivity index is 0.806. The molecule has 3 atom stereocenters. The molecule has 0 radical (unpaired) electrons. The van der Waals surface area contributed by atoms with E-state index in [0.717, 1.165) is 74.3 Å². The van der Waals surface area contributed by atoms with Gasteiger partial charge in [0.1, 0.15) is 18.6 Å². The van der Waals surface area contributed by atoms with Crippen molar-refractivity contribution in [1.82, 2.24) is 25.3 Å². The van der Waals surface area contributed by atoms with Gasteiger partial charge in [-0.25, -0.2) is 14.5 Å². The number of carbonyl (C=O) groups is 8. The van der Waals surface area contributed by atoms with Gasteiger partial charge in [0.2, 0.25) is 23.3 Å². The summed E-state index contributed by atoms with van der Waals surface area (Å²) in [5.41, 5.74) is 2.55. The van der Waals surface area contributed by atoms with E-state index in [4.69, 9.17) is 4.74 Å². The zero-order valence-electron chi connectivity index (χ0n) is 36.2. The van der Waals surface area contributed by atoms with Crippen LogP contribution < -0.4 is 16.0 Å². The Bertz CT molecular complexity index is 2410. The number of fused-ring (bicyclic) bond motifs is 3. The standard InChI is InChI=1S/C47H51F3N6O9/c1-28-11-13-31(14-12-28)26-54(29(2)47(48,49)50)39(58)27-55-43(62)46(65-45(55)64)22-21-32-25-33(16-18-36(32)46)52-44(63)51-23-9-7-5-3-4-6-8-10-30-15-17-34-35(24-30)42(61)56(41(34)60)37-19-20-38(57)53-40(37)59/h11-18,24-25,29,37H,3-10,19-23,26-27H2,1-2H3,(H2,51,52,63)(H,53,57,59)/t29-,37?,46+/m0/s1. The van der Waals surface area contributed by atoms with E-state index in [1.165, 1.54) is 0 Å².